The van der Waals surface area contributed by atoms with Crippen LogP contribution >= 0.6 is 0 Å². The molecule has 0 aromatic carbocycles. The molecule has 0 spiro atoms. The van der Waals surface area contributed by atoms with Crippen molar-refractivity contribution in [1.29, 1.82) is 0 Å². The molecule has 0 aliphatic heterocycles. The zero-order chi connectivity index (χ0) is 25.1. The molecule has 0 radical (unpaired) electrons. The summed E-state index contributed by atoms with van der Waals surface area (Å²) in [6.07, 6.45) is 9.27. The molecule has 11 atom stereocenters. The summed E-state index contributed by atoms with van der Waals surface area (Å²) in [7, 11) is 0. The Kier molecular flexibility index (Phi) is 5.18. The number of rotatable bonds is 1. The van der Waals surface area contributed by atoms with E-state index in [1.54, 1.807) is 0 Å². The third-order valence-corrected chi connectivity index (χ3v) is 14.1. The van der Waals surface area contributed by atoms with Crippen molar-refractivity contribution in [2.45, 2.75) is 119 Å². The number of aliphatic hydroxyl groups excluding tert-OH is 1. The summed E-state index contributed by atoms with van der Waals surface area (Å²) >= 11 is 0. The van der Waals surface area contributed by atoms with Crippen LogP contribution in [0.15, 0.2) is 0 Å². The standard InChI is InChI=1S/C30H48O4/c1-18-23(32)19(31)16-21-27(18,4)9-8-20-28(21,5)13-15-30(7)22-17-26(3,24(33)34)11-10-25(22,2)12-14-29(20,30)6/h18,20-23,32H,8-17H2,1-7H3,(H,33,34)/t18-,20-,21+,22+,23-,25+,26+,27+,28+,29+,30-/m0/s1. The van der Waals surface area contributed by atoms with E-state index < -0.39 is 17.5 Å². The second kappa shape index (κ2) is 7.11. The number of carboxylic acids is 1. The van der Waals surface area contributed by atoms with Gasteiger partial charge in [-0.15, -0.1) is 0 Å². The van der Waals surface area contributed by atoms with Crippen LogP contribution < -0.4 is 0 Å². The number of carboxylic acid groups (broad SMARTS) is 1. The van der Waals surface area contributed by atoms with Crippen LogP contribution in [-0.2, 0) is 9.59 Å². The molecule has 34 heavy (non-hydrogen) atoms. The number of Topliss-reactive ketones (excluding diaryl/α,β-unsaturated/α-hetero) is 1. The Bertz CT molecular complexity index is 913. The van der Waals surface area contributed by atoms with E-state index >= 15 is 0 Å². The van der Waals surface area contributed by atoms with Crippen LogP contribution in [0.2, 0.25) is 0 Å². The molecule has 0 unspecified atom stereocenters. The minimum absolute atomic E-state index is 0.0125. The molecule has 5 fully saturated rings. The minimum atomic E-state index is -0.808. The second-order valence-electron chi connectivity index (χ2n) is 15.2. The molecule has 0 amide bonds. The van der Waals surface area contributed by atoms with Crippen LogP contribution in [0.4, 0.5) is 0 Å². The molecule has 0 aromatic heterocycles. The summed E-state index contributed by atoms with van der Waals surface area (Å²) in [4.78, 5) is 25.2. The Morgan fingerprint density at radius 3 is 2.03 bits per heavy atom. The highest BCUT2D eigenvalue weighted by molar-refractivity contribution is 5.84. The van der Waals surface area contributed by atoms with E-state index in [2.05, 4.69) is 41.5 Å². The normalized spacial score (nSPS) is 59.3. The maximum atomic E-state index is 12.9. The molecular weight excluding hydrogens is 424 g/mol. The van der Waals surface area contributed by atoms with Gasteiger partial charge < -0.3 is 10.2 Å². The van der Waals surface area contributed by atoms with E-state index in [9.17, 15) is 19.8 Å². The van der Waals surface area contributed by atoms with Gasteiger partial charge >= 0.3 is 5.97 Å². The highest BCUT2D eigenvalue weighted by Crippen LogP contribution is 2.78. The van der Waals surface area contributed by atoms with Crippen LogP contribution in [-0.4, -0.2) is 28.1 Å². The van der Waals surface area contributed by atoms with Crippen LogP contribution in [0.5, 0.6) is 0 Å². The molecule has 4 nitrogen and oxygen atoms in total. The van der Waals surface area contributed by atoms with Gasteiger partial charge in [-0.25, -0.2) is 0 Å². The molecule has 192 valence electrons. The van der Waals surface area contributed by atoms with Crippen LogP contribution in [0.3, 0.4) is 0 Å². The van der Waals surface area contributed by atoms with E-state index in [0.717, 1.165) is 38.5 Å². The third-order valence-electron chi connectivity index (χ3n) is 14.1. The Hall–Kier alpha value is -0.900. The van der Waals surface area contributed by atoms with Crippen LogP contribution in [0.1, 0.15) is 113 Å². The lowest BCUT2D eigenvalue weighted by Crippen LogP contribution is -2.68. The van der Waals surface area contributed by atoms with Gasteiger partial charge in [0.2, 0.25) is 0 Å². The molecule has 0 aromatic rings. The molecule has 5 saturated carbocycles. The number of aliphatic carboxylic acids is 1. The summed E-state index contributed by atoms with van der Waals surface area (Å²) < 4.78 is 0. The van der Waals surface area contributed by atoms with Gasteiger partial charge in [-0.1, -0.05) is 41.5 Å². The smallest absolute Gasteiger partial charge is 0.309 e. The molecule has 5 aliphatic carbocycles. The van der Waals surface area contributed by atoms with Crippen molar-refractivity contribution < 1.29 is 19.8 Å². The first-order chi connectivity index (χ1) is 15.6. The minimum Gasteiger partial charge on any atom is -0.481 e. The zero-order valence-corrected chi connectivity index (χ0v) is 22.7. The number of carbonyl (C=O) groups excluding carboxylic acids is 1. The Labute approximate surface area is 206 Å². The zero-order valence-electron chi connectivity index (χ0n) is 22.7. The fourth-order valence-electron chi connectivity index (χ4n) is 11.1. The first kappa shape index (κ1) is 24.8. The summed E-state index contributed by atoms with van der Waals surface area (Å²) in [5, 5.41) is 20.8. The number of ketones is 1. The summed E-state index contributed by atoms with van der Waals surface area (Å²) in [6.45, 7) is 16.5. The Morgan fingerprint density at radius 1 is 0.794 bits per heavy atom. The van der Waals surface area contributed by atoms with Gasteiger partial charge in [-0.2, -0.15) is 0 Å². The first-order valence-electron chi connectivity index (χ1n) is 14.0. The fourth-order valence-corrected chi connectivity index (χ4v) is 11.1. The molecule has 0 heterocycles. The Balaban J connectivity index is 1.55. The number of fused-ring (bicyclic) bond motifs is 7. The van der Waals surface area contributed by atoms with E-state index in [1.807, 2.05) is 6.92 Å². The van der Waals surface area contributed by atoms with Gasteiger partial charge in [0.05, 0.1) is 5.41 Å². The van der Waals surface area contributed by atoms with Crippen molar-refractivity contribution in [3.63, 3.8) is 0 Å². The van der Waals surface area contributed by atoms with Crippen molar-refractivity contribution in [2.24, 2.45) is 56.2 Å². The number of hydrogen-bond acceptors (Lipinski definition) is 3. The maximum absolute atomic E-state index is 12.9. The summed E-state index contributed by atoms with van der Waals surface area (Å²) in [6, 6.07) is 0. The van der Waals surface area contributed by atoms with Crippen molar-refractivity contribution >= 4 is 11.8 Å². The molecule has 5 aliphatic rings. The van der Waals surface area contributed by atoms with Crippen molar-refractivity contribution in [2.75, 3.05) is 0 Å². The van der Waals surface area contributed by atoms with E-state index in [0.29, 0.717) is 24.2 Å². The number of aliphatic hydroxyl groups is 1. The quantitative estimate of drug-likeness (QED) is 0.457. The molecule has 5 rings (SSSR count). The molecule has 0 bridgehead atoms. The van der Waals surface area contributed by atoms with Crippen molar-refractivity contribution in [1.82, 2.24) is 0 Å². The van der Waals surface area contributed by atoms with E-state index in [4.69, 9.17) is 0 Å². The fraction of sp³-hybridized carbons (Fsp3) is 0.933. The summed E-state index contributed by atoms with van der Waals surface area (Å²) in [5.74, 6) is 0.760. The van der Waals surface area contributed by atoms with Gasteiger partial charge in [0.25, 0.3) is 0 Å². The van der Waals surface area contributed by atoms with Crippen LogP contribution in [0, 0.1) is 56.2 Å². The Morgan fingerprint density at radius 2 is 1.38 bits per heavy atom. The molecule has 2 N–H and O–H groups in total. The highest BCUT2D eigenvalue weighted by atomic mass is 16.4. The maximum Gasteiger partial charge on any atom is 0.309 e. The largest absolute Gasteiger partial charge is 0.481 e. The van der Waals surface area contributed by atoms with Crippen molar-refractivity contribution in [3.05, 3.63) is 0 Å². The van der Waals surface area contributed by atoms with Gasteiger partial charge in [0.15, 0.2) is 5.78 Å². The van der Waals surface area contributed by atoms with E-state index in [-0.39, 0.29) is 38.8 Å². The number of hydrogen-bond donors (Lipinski definition) is 2. The highest BCUT2D eigenvalue weighted by Gasteiger charge is 2.71. The average Bonchev–Trinajstić information content (AvgIpc) is 2.77. The predicted molar refractivity (Wildman–Crippen MR) is 133 cm³/mol. The number of carbonyl (C=O) groups is 2. The van der Waals surface area contributed by atoms with Gasteiger partial charge in [0.1, 0.15) is 6.10 Å². The first-order valence-corrected chi connectivity index (χ1v) is 14.0. The lowest BCUT2D eigenvalue weighted by molar-refractivity contribution is -0.260. The SMILES string of the molecule is C[C@H]1[C@H](O)C(=O)C[C@@H]2[C@]1(C)CC[C@H]1[C@@]2(C)CC[C@@]2(C)[C@@H]3C[C@](C)(C(=O)O)CC[C@]3(C)CC[C@]12C. The summed E-state index contributed by atoms with van der Waals surface area (Å²) in [5.41, 5.74) is 0.0180. The molecule has 4 heteroatoms. The van der Waals surface area contributed by atoms with E-state index in [1.165, 1.54) is 19.3 Å². The van der Waals surface area contributed by atoms with Crippen molar-refractivity contribution in [3.8, 4) is 0 Å². The predicted octanol–water partition coefficient (Wildman–Crippen LogP) is 6.49. The van der Waals surface area contributed by atoms with Gasteiger partial charge in [-0.05, 0) is 115 Å². The third kappa shape index (κ3) is 2.81. The lowest BCUT2D eigenvalue weighted by Gasteiger charge is -2.74. The van der Waals surface area contributed by atoms with Gasteiger partial charge in [-0.3, -0.25) is 9.59 Å². The van der Waals surface area contributed by atoms with Gasteiger partial charge in [0, 0.05) is 6.42 Å². The topological polar surface area (TPSA) is 74.6 Å². The molecule has 0 saturated heterocycles. The monoisotopic (exact) mass is 472 g/mol. The van der Waals surface area contributed by atoms with Crippen LogP contribution in [0.25, 0.3) is 0 Å². The second-order valence-corrected chi connectivity index (χ2v) is 15.2. The lowest BCUT2D eigenvalue weighted by atomic mass is 9.30. The molecular formula is C30H48O4. The average molecular weight is 473 g/mol.